The number of carbonyl (C=O) groups is 2. The van der Waals surface area contributed by atoms with E-state index in [9.17, 15) is 9.59 Å². The summed E-state index contributed by atoms with van der Waals surface area (Å²) in [6.07, 6.45) is 0.781. The molecule has 102 valence electrons. The first kappa shape index (κ1) is 14.9. The summed E-state index contributed by atoms with van der Waals surface area (Å²) >= 11 is 0. The number of methoxy groups -OCH3 is 1. The molecule has 1 amide bonds. The summed E-state index contributed by atoms with van der Waals surface area (Å²) in [5.41, 5.74) is 0.672. The molecule has 1 aromatic rings. The Morgan fingerprint density at radius 1 is 1.42 bits per heavy atom. The van der Waals surface area contributed by atoms with Gasteiger partial charge in [-0.1, -0.05) is 36.4 Å². The van der Waals surface area contributed by atoms with Gasteiger partial charge in [0.2, 0.25) is 0 Å². The van der Waals surface area contributed by atoms with E-state index in [1.54, 1.807) is 24.3 Å². The summed E-state index contributed by atoms with van der Waals surface area (Å²) in [6.45, 7) is 3.47. The largest absolute Gasteiger partial charge is 0.480 e. The molecule has 0 heterocycles. The van der Waals surface area contributed by atoms with Gasteiger partial charge in [0.25, 0.3) is 5.91 Å². The molecule has 19 heavy (non-hydrogen) atoms. The summed E-state index contributed by atoms with van der Waals surface area (Å²) in [7, 11) is 1.40. The maximum atomic E-state index is 12.0. The van der Waals surface area contributed by atoms with Gasteiger partial charge in [-0.05, 0) is 12.0 Å². The lowest BCUT2D eigenvalue weighted by molar-refractivity contribution is -0.143. The molecular weight excluding hydrogens is 246 g/mol. The Morgan fingerprint density at radius 2 is 2.05 bits per heavy atom. The Balaban J connectivity index is 2.79. The third-order valence-corrected chi connectivity index (χ3v) is 2.59. The van der Waals surface area contributed by atoms with Crippen LogP contribution in [0.1, 0.15) is 18.1 Å². The molecule has 0 fully saturated rings. The predicted octanol–water partition coefficient (Wildman–Crippen LogP) is 1.52. The minimum absolute atomic E-state index is 0.159. The van der Waals surface area contributed by atoms with Crippen LogP contribution < -0.4 is 5.32 Å². The lowest BCUT2D eigenvalue weighted by atomic mass is 10.1. The van der Waals surface area contributed by atoms with Gasteiger partial charge in [0, 0.05) is 7.11 Å². The van der Waals surface area contributed by atoms with E-state index in [0.29, 0.717) is 5.56 Å². The molecule has 0 spiro atoms. The zero-order chi connectivity index (χ0) is 14.3. The van der Waals surface area contributed by atoms with Crippen molar-refractivity contribution in [2.75, 3.05) is 7.11 Å². The first-order valence-electron chi connectivity index (χ1n) is 5.82. The van der Waals surface area contributed by atoms with E-state index in [2.05, 4.69) is 11.9 Å². The van der Waals surface area contributed by atoms with E-state index >= 15 is 0 Å². The van der Waals surface area contributed by atoms with Crippen molar-refractivity contribution in [2.24, 2.45) is 0 Å². The number of benzene rings is 1. The van der Waals surface area contributed by atoms with Gasteiger partial charge in [-0.3, -0.25) is 4.79 Å². The van der Waals surface area contributed by atoms with Gasteiger partial charge in [-0.2, -0.15) is 0 Å². The van der Waals surface area contributed by atoms with Crippen LogP contribution in [0.2, 0.25) is 0 Å². The van der Waals surface area contributed by atoms with Crippen molar-refractivity contribution >= 4 is 11.9 Å². The van der Waals surface area contributed by atoms with E-state index in [4.69, 9.17) is 9.84 Å². The molecule has 0 saturated heterocycles. The third-order valence-electron chi connectivity index (χ3n) is 2.59. The van der Waals surface area contributed by atoms with Gasteiger partial charge in [-0.15, -0.1) is 6.58 Å². The SMILES string of the molecule is C=CCC(NC(=O)C(OC)c1ccccc1)C(=O)O. The molecule has 0 saturated carbocycles. The molecule has 0 bridgehead atoms. The molecule has 1 aromatic carbocycles. The Bertz CT molecular complexity index is 444. The minimum atomic E-state index is -1.10. The maximum Gasteiger partial charge on any atom is 0.326 e. The van der Waals surface area contributed by atoms with Gasteiger partial charge >= 0.3 is 5.97 Å². The molecule has 2 unspecified atom stereocenters. The van der Waals surface area contributed by atoms with Gasteiger partial charge < -0.3 is 15.2 Å². The molecule has 2 N–H and O–H groups in total. The van der Waals surface area contributed by atoms with Crippen molar-refractivity contribution in [1.82, 2.24) is 5.32 Å². The fraction of sp³-hybridized carbons (Fsp3) is 0.286. The molecule has 0 aliphatic heterocycles. The topological polar surface area (TPSA) is 75.6 Å². The number of hydrogen-bond acceptors (Lipinski definition) is 3. The van der Waals surface area contributed by atoms with Crippen LogP contribution >= 0.6 is 0 Å². The molecular formula is C14H17NO4. The molecule has 0 aliphatic rings. The summed E-state index contributed by atoms with van der Waals surface area (Å²) in [4.78, 5) is 23.0. The van der Waals surface area contributed by atoms with Crippen molar-refractivity contribution in [2.45, 2.75) is 18.6 Å². The average Bonchev–Trinajstić information content (AvgIpc) is 2.40. The standard InChI is InChI=1S/C14H17NO4/c1-3-7-11(14(17)18)15-13(16)12(19-2)10-8-5-4-6-9-10/h3-6,8-9,11-12H,1,7H2,2H3,(H,15,16)(H,17,18). The summed E-state index contributed by atoms with van der Waals surface area (Å²) < 4.78 is 5.13. The highest BCUT2D eigenvalue weighted by molar-refractivity contribution is 5.87. The first-order valence-corrected chi connectivity index (χ1v) is 5.82. The zero-order valence-corrected chi connectivity index (χ0v) is 10.7. The van der Waals surface area contributed by atoms with Gasteiger partial charge in [-0.25, -0.2) is 4.79 Å². The first-order chi connectivity index (χ1) is 9.10. The van der Waals surface area contributed by atoms with Crippen LogP contribution in [0, 0.1) is 0 Å². The van der Waals surface area contributed by atoms with E-state index < -0.39 is 24.0 Å². The number of nitrogens with one attached hydrogen (secondary N) is 1. The Hall–Kier alpha value is -2.14. The number of carboxylic acid groups (broad SMARTS) is 1. The summed E-state index contributed by atoms with van der Waals surface area (Å²) in [5, 5.41) is 11.4. The van der Waals surface area contributed by atoms with Crippen LogP contribution in [0.15, 0.2) is 43.0 Å². The Labute approximate surface area is 111 Å². The second-order valence-electron chi connectivity index (χ2n) is 3.95. The average molecular weight is 263 g/mol. The van der Waals surface area contributed by atoms with Crippen molar-refractivity contribution in [3.63, 3.8) is 0 Å². The number of ether oxygens (including phenoxy) is 1. The van der Waals surface area contributed by atoms with Crippen molar-refractivity contribution in [1.29, 1.82) is 0 Å². The fourth-order valence-corrected chi connectivity index (χ4v) is 1.66. The predicted molar refractivity (Wildman–Crippen MR) is 70.6 cm³/mol. The number of rotatable bonds is 7. The molecule has 2 atom stereocenters. The lowest BCUT2D eigenvalue weighted by Gasteiger charge is -2.18. The molecule has 5 nitrogen and oxygen atoms in total. The second kappa shape index (κ2) is 7.33. The normalized spacial score (nSPS) is 13.3. The minimum Gasteiger partial charge on any atom is -0.480 e. The van der Waals surface area contributed by atoms with Crippen molar-refractivity contribution < 1.29 is 19.4 Å². The van der Waals surface area contributed by atoms with Crippen LogP contribution in [-0.2, 0) is 14.3 Å². The van der Waals surface area contributed by atoms with Gasteiger partial charge in [0.05, 0.1) is 0 Å². The monoisotopic (exact) mass is 263 g/mol. The zero-order valence-electron chi connectivity index (χ0n) is 10.7. The third kappa shape index (κ3) is 4.22. The molecule has 5 heteroatoms. The number of aliphatic carboxylic acids is 1. The Kier molecular flexibility index (Phi) is 5.75. The summed E-state index contributed by atoms with van der Waals surface area (Å²) in [5.74, 6) is -1.58. The molecule has 0 radical (unpaired) electrons. The quantitative estimate of drug-likeness (QED) is 0.731. The number of carboxylic acids is 1. The smallest absolute Gasteiger partial charge is 0.326 e. The number of amides is 1. The van der Waals surface area contributed by atoms with E-state index in [-0.39, 0.29) is 6.42 Å². The highest BCUT2D eigenvalue weighted by Gasteiger charge is 2.25. The van der Waals surface area contributed by atoms with Gasteiger partial charge in [0.1, 0.15) is 6.04 Å². The lowest BCUT2D eigenvalue weighted by Crippen LogP contribution is -2.43. The van der Waals surface area contributed by atoms with E-state index in [1.165, 1.54) is 13.2 Å². The van der Waals surface area contributed by atoms with Gasteiger partial charge in [0.15, 0.2) is 6.10 Å². The van der Waals surface area contributed by atoms with Crippen molar-refractivity contribution in [3.05, 3.63) is 48.6 Å². The second-order valence-corrected chi connectivity index (χ2v) is 3.95. The van der Waals surface area contributed by atoms with Crippen LogP contribution in [-0.4, -0.2) is 30.1 Å². The Morgan fingerprint density at radius 3 is 2.53 bits per heavy atom. The van der Waals surface area contributed by atoms with E-state index in [0.717, 1.165) is 0 Å². The van der Waals surface area contributed by atoms with Crippen LogP contribution in [0.4, 0.5) is 0 Å². The van der Waals surface area contributed by atoms with Crippen LogP contribution in [0.3, 0.4) is 0 Å². The van der Waals surface area contributed by atoms with E-state index in [1.807, 2.05) is 6.07 Å². The summed E-state index contributed by atoms with van der Waals surface area (Å²) in [6, 6.07) is 7.89. The molecule has 0 aromatic heterocycles. The fourth-order valence-electron chi connectivity index (χ4n) is 1.66. The highest BCUT2D eigenvalue weighted by atomic mass is 16.5. The molecule has 1 rings (SSSR count). The van der Waals surface area contributed by atoms with Crippen LogP contribution in [0.25, 0.3) is 0 Å². The van der Waals surface area contributed by atoms with Crippen molar-refractivity contribution in [3.8, 4) is 0 Å². The number of hydrogen-bond donors (Lipinski definition) is 2. The van der Waals surface area contributed by atoms with Crippen LogP contribution in [0.5, 0.6) is 0 Å². The molecule has 0 aliphatic carbocycles. The highest BCUT2D eigenvalue weighted by Crippen LogP contribution is 2.16. The number of carbonyl (C=O) groups excluding carboxylic acids is 1. The maximum absolute atomic E-state index is 12.0.